The maximum atomic E-state index is 6.23. The van der Waals surface area contributed by atoms with Gasteiger partial charge >= 0.3 is 0 Å². The first kappa shape index (κ1) is 13.2. The number of hydrogen-bond acceptors (Lipinski definition) is 2. The highest BCUT2D eigenvalue weighted by molar-refractivity contribution is 5.05. The smallest absolute Gasteiger partial charge is 0.0642 e. The lowest BCUT2D eigenvalue weighted by Crippen LogP contribution is -2.38. The summed E-state index contributed by atoms with van der Waals surface area (Å²) in [6, 6.07) is 2.57. The molecule has 0 radical (unpaired) electrons. The highest BCUT2D eigenvalue weighted by Gasteiger charge is 2.19. The zero-order valence-electron chi connectivity index (χ0n) is 11.0. The molecule has 0 spiro atoms. The van der Waals surface area contributed by atoms with Crippen molar-refractivity contribution in [3.63, 3.8) is 0 Å². The maximum absolute atomic E-state index is 6.23. The van der Waals surface area contributed by atoms with Crippen LogP contribution in [0.15, 0.2) is 12.3 Å². The lowest BCUT2D eigenvalue weighted by Gasteiger charge is -2.22. The van der Waals surface area contributed by atoms with Gasteiger partial charge in [-0.1, -0.05) is 20.3 Å². The SMILES string of the molecule is CCCC(C)(N)Cc1ccn(C(C)CC)n1. The highest BCUT2D eigenvalue weighted by Crippen LogP contribution is 2.16. The van der Waals surface area contributed by atoms with Crippen LogP contribution in [0.2, 0.25) is 0 Å². The molecule has 0 aliphatic rings. The van der Waals surface area contributed by atoms with E-state index in [2.05, 4.69) is 45.1 Å². The minimum Gasteiger partial charge on any atom is -0.325 e. The minimum atomic E-state index is -0.122. The Labute approximate surface area is 99.0 Å². The van der Waals surface area contributed by atoms with E-state index >= 15 is 0 Å². The van der Waals surface area contributed by atoms with E-state index < -0.39 is 0 Å². The molecule has 92 valence electrons. The number of nitrogens with two attached hydrogens (primary N) is 1. The molecule has 0 bridgehead atoms. The highest BCUT2D eigenvalue weighted by atomic mass is 15.3. The van der Waals surface area contributed by atoms with Gasteiger partial charge in [-0.15, -0.1) is 0 Å². The molecule has 0 saturated carbocycles. The van der Waals surface area contributed by atoms with E-state index in [-0.39, 0.29) is 5.54 Å². The van der Waals surface area contributed by atoms with Crippen LogP contribution in [0.5, 0.6) is 0 Å². The summed E-state index contributed by atoms with van der Waals surface area (Å²) in [4.78, 5) is 0. The second kappa shape index (κ2) is 5.48. The summed E-state index contributed by atoms with van der Waals surface area (Å²) in [6.45, 7) is 8.64. The average molecular weight is 223 g/mol. The molecule has 1 heterocycles. The van der Waals surface area contributed by atoms with E-state index in [1.807, 2.05) is 4.68 Å². The largest absolute Gasteiger partial charge is 0.325 e. The third-order valence-electron chi connectivity index (χ3n) is 3.11. The van der Waals surface area contributed by atoms with Gasteiger partial charge in [-0.05, 0) is 32.8 Å². The van der Waals surface area contributed by atoms with Crippen molar-refractivity contribution in [1.82, 2.24) is 9.78 Å². The molecule has 2 N–H and O–H groups in total. The topological polar surface area (TPSA) is 43.8 Å². The van der Waals surface area contributed by atoms with Crippen LogP contribution in [0.3, 0.4) is 0 Å². The minimum absolute atomic E-state index is 0.122. The van der Waals surface area contributed by atoms with Gasteiger partial charge < -0.3 is 5.73 Å². The van der Waals surface area contributed by atoms with E-state index in [1.165, 1.54) is 0 Å². The molecular weight excluding hydrogens is 198 g/mol. The Morgan fingerprint density at radius 2 is 2.19 bits per heavy atom. The number of rotatable bonds is 6. The molecule has 1 aromatic rings. The monoisotopic (exact) mass is 223 g/mol. The molecule has 0 amide bonds. The van der Waals surface area contributed by atoms with Crippen LogP contribution in [0.4, 0.5) is 0 Å². The van der Waals surface area contributed by atoms with Gasteiger partial charge in [0.15, 0.2) is 0 Å². The standard InChI is InChI=1S/C13H25N3/c1-5-8-13(4,14)10-12-7-9-16(15-12)11(3)6-2/h7,9,11H,5-6,8,10,14H2,1-4H3. The molecular formula is C13H25N3. The summed E-state index contributed by atoms with van der Waals surface area (Å²) in [5.41, 5.74) is 7.22. The quantitative estimate of drug-likeness (QED) is 0.806. The molecule has 2 atom stereocenters. The first-order valence-electron chi connectivity index (χ1n) is 6.31. The van der Waals surface area contributed by atoms with Crippen molar-refractivity contribution in [1.29, 1.82) is 0 Å². The molecule has 0 aliphatic heterocycles. The zero-order valence-corrected chi connectivity index (χ0v) is 11.0. The van der Waals surface area contributed by atoms with E-state index in [4.69, 9.17) is 5.73 Å². The van der Waals surface area contributed by atoms with Gasteiger partial charge in [0.1, 0.15) is 0 Å². The fourth-order valence-corrected chi connectivity index (χ4v) is 1.98. The van der Waals surface area contributed by atoms with E-state index in [9.17, 15) is 0 Å². The second-order valence-electron chi connectivity index (χ2n) is 5.13. The molecule has 0 aromatic carbocycles. The average Bonchev–Trinajstić information content (AvgIpc) is 2.64. The molecule has 0 saturated heterocycles. The van der Waals surface area contributed by atoms with Crippen LogP contribution in [-0.2, 0) is 6.42 Å². The third kappa shape index (κ3) is 3.63. The summed E-state index contributed by atoms with van der Waals surface area (Å²) in [5.74, 6) is 0. The van der Waals surface area contributed by atoms with E-state index in [1.54, 1.807) is 0 Å². The predicted octanol–water partition coefficient (Wildman–Crippen LogP) is 2.91. The fraction of sp³-hybridized carbons (Fsp3) is 0.769. The Hall–Kier alpha value is -0.830. The first-order valence-corrected chi connectivity index (χ1v) is 6.31. The van der Waals surface area contributed by atoms with Crippen LogP contribution in [0, 0.1) is 0 Å². The van der Waals surface area contributed by atoms with Crippen molar-refractivity contribution in [3.05, 3.63) is 18.0 Å². The molecule has 3 nitrogen and oxygen atoms in total. The first-order chi connectivity index (χ1) is 7.48. The molecule has 2 unspecified atom stereocenters. The lowest BCUT2D eigenvalue weighted by molar-refractivity contribution is 0.412. The van der Waals surface area contributed by atoms with Gasteiger partial charge in [-0.3, -0.25) is 4.68 Å². The van der Waals surface area contributed by atoms with Crippen LogP contribution in [0.1, 0.15) is 58.7 Å². The predicted molar refractivity (Wildman–Crippen MR) is 68.4 cm³/mol. The Bertz CT molecular complexity index is 315. The van der Waals surface area contributed by atoms with Crippen molar-refractivity contribution in [2.75, 3.05) is 0 Å². The molecule has 0 aliphatic carbocycles. The van der Waals surface area contributed by atoms with Crippen LogP contribution in [-0.4, -0.2) is 15.3 Å². The summed E-state index contributed by atoms with van der Waals surface area (Å²) < 4.78 is 2.04. The van der Waals surface area contributed by atoms with E-state index in [0.29, 0.717) is 6.04 Å². The van der Waals surface area contributed by atoms with Crippen molar-refractivity contribution in [2.24, 2.45) is 5.73 Å². The fourth-order valence-electron chi connectivity index (χ4n) is 1.98. The van der Waals surface area contributed by atoms with E-state index in [0.717, 1.165) is 31.4 Å². The molecule has 1 aromatic heterocycles. The van der Waals surface area contributed by atoms with Gasteiger partial charge in [-0.2, -0.15) is 5.10 Å². The molecule has 1 rings (SSSR count). The van der Waals surface area contributed by atoms with Crippen molar-refractivity contribution in [2.45, 2.75) is 65.0 Å². The summed E-state index contributed by atoms with van der Waals surface area (Å²) >= 11 is 0. The summed E-state index contributed by atoms with van der Waals surface area (Å²) in [5, 5.41) is 4.59. The Morgan fingerprint density at radius 3 is 2.75 bits per heavy atom. The van der Waals surface area contributed by atoms with Crippen molar-refractivity contribution >= 4 is 0 Å². The Morgan fingerprint density at radius 1 is 1.50 bits per heavy atom. The Balaban J connectivity index is 2.65. The van der Waals surface area contributed by atoms with Gasteiger partial charge in [-0.25, -0.2) is 0 Å². The van der Waals surface area contributed by atoms with Gasteiger partial charge in [0.05, 0.1) is 5.69 Å². The number of aromatic nitrogens is 2. The normalized spacial score (nSPS) is 17.1. The second-order valence-corrected chi connectivity index (χ2v) is 5.13. The van der Waals surface area contributed by atoms with Gasteiger partial charge in [0.25, 0.3) is 0 Å². The number of nitrogens with zero attached hydrogens (tertiary/aromatic N) is 2. The van der Waals surface area contributed by atoms with Gasteiger partial charge in [0.2, 0.25) is 0 Å². The van der Waals surface area contributed by atoms with Gasteiger partial charge in [0, 0.05) is 24.2 Å². The molecule has 0 fully saturated rings. The summed E-state index contributed by atoms with van der Waals surface area (Å²) in [6.07, 6.45) is 6.20. The van der Waals surface area contributed by atoms with Crippen LogP contribution in [0.25, 0.3) is 0 Å². The molecule has 3 heteroatoms. The summed E-state index contributed by atoms with van der Waals surface area (Å²) in [7, 11) is 0. The van der Waals surface area contributed by atoms with Crippen molar-refractivity contribution < 1.29 is 0 Å². The zero-order chi connectivity index (χ0) is 12.2. The van der Waals surface area contributed by atoms with Crippen LogP contribution >= 0.6 is 0 Å². The van der Waals surface area contributed by atoms with Crippen LogP contribution < -0.4 is 5.73 Å². The maximum Gasteiger partial charge on any atom is 0.0642 e. The van der Waals surface area contributed by atoms with Crippen molar-refractivity contribution in [3.8, 4) is 0 Å². The third-order valence-corrected chi connectivity index (χ3v) is 3.11. The molecule has 16 heavy (non-hydrogen) atoms. The lowest BCUT2D eigenvalue weighted by atomic mass is 9.92. The Kier molecular flexibility index (Phi) is 4.54. The number of hydrogen-bond donors (Lipinski definition) is 1.